The van der Waals surface area contributed by atoms with Crippen molar-refractivity contribution in [2.75, 3.05) is 12.4 Å². The van der Waals surface area contributed by atoms with Gasteiger partial charge in [0.2, 0.25) is 0 Å². The van der Waals surface area contributed by atoms with E-state index in [0.717, 1.165) is 24.8 Å². The molecular formula is C25H28F2N4O2. The molecule has 33 heavy (non-hydrogen) atoms. The smallest absolute Gasteiger partial charge is 0.273 e. The lowest BCUT2D eigenvalue weighted by molar-refractivity contribution is -0.112. The largest absolute Gasteiger partial charge is 0.497 e. The fourth-order valence-corrected chi connectivity index (χ4v) is 4.73. The molecule has 8 heteroatoms. The van der Waals surface area contributed by atoms with Crippen LogP contribution in [0.1, 0.15) is 49.7 Å². The van der Waals surface area contributed by atoms with Crippen molar-refractivity contribution in [1.82, 2.24) is 4.98 Å². The summed E-state index contributed by atoms with van der Waals surface area (Å²) >= 11 is 0. The van der Waals surface area contributed by atoms with Crippen LogP contribution in [0.3, 0.4) is 0 Å². The van der Waals surface area contributed by atoms with Gasteiger partial charge < -0.3 is 15.8 Å². The number of pyridine rings is 1. The molecule has 1 aliphatic carbocycles. The van der Waals surface area contributed by atoms with Crippen molar-refractivity contribution in [2.24, 2.45) is 16.6 Å². The van der Waals surface area contributed by atoms with Crippen molar-refractivity contribution in [3.8, 4) is 5.75 Å². The first kappa shape index (κ1) is 23.0. The van der Waals surface area contributed by atoms with Gasteiger partial charge in [0.15, 0.2) is 0 Å². The number of anilines is 1. The molecule has 174 valence electrons. The average molecular weight is 455 g/mol. The minimum Gasteiger partial charge on any atom is -0.497 e. The van der Waals surface area contributed by atoms with Crippen LogP contribution < -0.4 is 15.8 Å². The van der Waals surface area contributed by atoms with E-state index in [1.165, 1.54) is 31.4 Å². The second kappa shape index (κ2) is 9.79. The monoisotopic (exact) mass is 454 g/mol. The van der Waals surface area contributed by atoms with Crippen molar-refractivity contribution in [3.63, 3.8) is 0 Å². The molecule has 1 aromatic heterocycles. The summed E-state index contributed by atoms with van der Waals surface area (Å²) in [6.07, 6.45) is 5.92. The van der Waals surface area contributed by atoms with Crippen molar-refractivity contribution < 1.29 is 18.3 Å². The molecule has 4 rings (SSSR count). The molecule has 0 spiro atoms. The molecule has 2 aromatic rings. The molecule has 1 amide bonds. The lowest BCUT2D eigenvalue weighted by Gasteiger charge is -2.32. The maximum atomic E-state index is 14.7. The number of benzene rings is 1. The van der Waals surface area contributed by atoms with Crippen LogP contribution in [0.5, 0.6) is 5.75 Å². The maximum absolute atomic E-state index is 14.7. The van der Waals surface area contributed by atoms with E-state index in [-0.39, 0.29) is 35.4 Å². The van der Waals surface area contributed by atoms with Gasteiger partial charge in [-0.25, -0.2) is 13.8 Å². The lowest BCUT2D eigenvalue weighted by atomic mass is 9.76. The van der Waals surface area contributed by atoms with E-state index in [2.05, 4.69) is 22.2 Å². The molecule has 3 N–H and O–H groups in total. The number of allylic oxidation sites excluding steroid dienone is 1. The molecule has 0 radical (unpaired) electrons. The topological polar surface area (TPSA) is 89.6 Å². The van der Waals surface area contributed by atoms with Crippen molar-refractivity contribution in [1.29, 1.82) is 0 Å². The molecule has 6 nitrogen and oxygen atoms in total. The highest BCUT2D eigenvalue weighted by Gasteiger charge is 2.29. The number of methoxy groups -OCH3 is 1. The summed E-state index contributed by atoms with van der Waals surface area (Å²) in [5, 5.41) is 2.87. The zero-order valence-corrected chi connectivity index (χ0v) is 18.7. The highest BCUT2D eigenvalue weighted by molar-refractivity contribution is 6.11. The number of carbonyl (C=O) groups excluding carboxylic acids is 1. The summed E-state index contributed by atoms with van der Waals surface area (Å²) in [7, 11) is 1.44. The number of aromatic nitrogens is 1. The van der Waals surface area contributed by atoms with Crippen LogP contribution in [-0.2, 0) is 4.79 Å². The third-order valence-electron chi connectivity index (χ3n) is 6.26. The number of ether oxygens (including phenoxy) is 1. The zero-order valence-electron chi connectivity index (χ0n) is 18.7. The highest BCUT2D eigenvalue weighted by atomic mass is 19.1. The number of carbonyl (C=O) groups is 1. The van der Waals surface area contributed by atoms with Crippen LogP contribution in [0.25, 0.3) is 0 Å². The van der Waals surface area contributed by atoms with E-state index in [0.29, 0.717) is 17.4 Å². The van der Waals surface area contributed by atoms with Gasteiger partial charge in [-0.2, -0.15) is 0 Å². The first-order valence-corrected chi connectivity index (χ1v) is 11.1. The van der Waals surface area contributed by atoms with Crippen LogP contribution in [0.2, 0.25) is 0 Å². The predicted molar refractivity (Wildman–Crippen MR) is 124 cm³/mol. The van der Waals surface area contributed by atoms with Gasteiger partial charge in [-0.15, -0.1) is 0 Å². The molecule has 4 atom stereocenters. The molecule has 4 unspecified atom stereocenters. The SMILES string of the molecule is COc1ccc(F)c(C2=NC(C(=O)Nc3cnccc3C3CC(C)CC(N)C3)=CCC2F)c1. The number of hydrogen-bond donors (Lipinski definition) is 2. The summed E-state index contributed by atoms with van der Waals surface area (Å²) in [5.74, 6) is -0.0477. The van der Waals surface area contributed by atoms with Gasteiger partial charge in [0.25, 0.3) is 5.91 Å². The van der Waals surface area contributed by atoms with Crippen LogP contribution in [-0.4, -0.2) is 35.9 Å². The van der Waals surface area contributed by atoms with Gasteiger partial charge >= 0.3 is 0 Å². The third-order valence-corrected chi connectivity index (χ3v) is 6.26. The van der Waals surface area contributed by atoms with E-state index in [1.54, 1.807) is 12.4 Å². The fourth-order valence-electron chi connectivity index (χ4n) is 4.73. The number of halogens is 2. The fraction of sp³-hybridized carbons (Fsp3) is 0.400. The Balaban J connectivity index is 1.59. The maximum Gasteiger partial charge on any atom is 0.273 e. The van der Waals surface area contributed by atoms with E-state index in [9.17, 15) is 13.6 Å². The van der Waals surface area contributed by atoms with E-state index in [4.69, 9.17) is 10.5 Å². The number of alkyl halides is 1. The Labute approximate surface area is 192 Å². The zero-order chi connectivity index (χ0) is 23.5. The number of rotatable bonds is 5. The van der Waals surface area contributed by atoms with Crippen LogP contribution >= 0.6 is 0 Å². The molecule has 1 aliphatic heterocycles. The summed E-state index contributed by atoms with van der Waals surface area (Å²) in [6.45, 7) is 2.18. The summed E-state index contributed by atoms with van der Waals surface area (Å²) in [5.41, 5.74) is 7.68. The third kappa shape index (κ3) is 5.11. The normalized spacial score (nSPS) is 25.1. The second-order valence-corrected chi connectivity index (χ2v) is 8.82. The average Bonchev–Trinajstić information content (AvgIpc) is 2.79. The van der Waals surface area contributed by atoms with Crippen LogP contribution in [0.4, 0.5) is 14.5 Å². The standard InChI is InChI=1S/C25H28F2N4O2/c1-14-9-15(11-16(28)10-14)18-7-8-29-13-23(18)31-25(32)22-6-5-21(27)24(30-22)19-12-17(33-2)3-4-20(19)26/h3-4,6-8,12-16,21H,5,9-11,28H2,1-2H3,(H,31,32). The molecule has 0 bridgehead atoms. The van der Waals surface area contributed by atoms with Gasteiger partial charge in [0, 0.05) is 24.2 Å². The molecule has 1 aromatic carbocycles. The summed E-state index contributed by atoms with van der Waals surface area (Å²) in [4.78, 5) is 21.4. The van der Waals surface area contributed by atoms with E-state index < -0.39 is 17.9 Å². The molecule has 0 saturated heterocycles. The lowest BCUT2D eigenvalue weighted by Crippen LogP contribution is -2.31. The first-order valence-electron chi connectivity index (χ1n) is 11.1. The number of amides is 1. The number of nitrogens with two attached hydrogens (primary N) is 1. The quantitative estimate of drug-likeness (QED) is 0.696. The van der Waals surface area contributed by atoms with Crippen LogP contribution in [0, 0.1) is 11.7 Å². The summed E-state index contributed by atoms with van der Waals surface area (Å²) < 4.78 is 34.2. The number of aliphatic imine (C=N–C) groups is 1. The Kier molecular flexibility index (Phi) is 6.83. The highest BCUT2D eigenvalue weighted by Crippen LogP contribution is 2.38. The van der Waals surface area contributed by atoms with Crippen molar-refractivity contribution >= 4 is 17.3 Å². The Morgan fingerprint density at radius 3 is 2.82 bits per heavy atom. The molecular weight excluding hydrogens is 426 g/mol. The van der Waals surface area contributed by atoms with Crippen LogP contribution in [0.15, 0.2) is 53.4 Å². The van der Waals surface area contributed by atoms with Crippen molar-refractivity contribution in [2.45, 2.75) is 50.7 Å². The van der Waals surface area contributed by atoms with Gasteiger partial charge in [0.05, 0.1) is 24.7 Å². The number of nitrogens with zero attached hydrogens (tertiary/aromatic N) is 2. The van der Waals surface area contributed by atoms with Gasteiger partial charge in [-0.05, 0) is 67.0 Å². The minimum absolute atomic E-state index is 0.0208. The molecule has 1 saturated carbocycles. The minimum atomic E-state index is -1.53. The Morgan fingerprint density at radius 2 is 2.06 bits per heavy atom. The Morgan fingerprint density at radius 1 is 1.24 bits per heavy atom. The molecule has 1 fully saturated rings. The number of nitrogens with one attached hydrogen (secondary N) is 1. The van der Waals surface area contributed by atoms with E-state index in [1.807, 2.05) is 6.07 Å². The first-order chi connectivity index (χ1) is 15.9. The molecule has 2 heterocycles. The van der Waals surface area contributed by atoms with Crippen molar-refractivity contribution in [3.05, 3.63) is 65.4 Å². The Hall–Kier alpha value is -3.13. The summed E-state index contributed by atoms with van der Waals surface area (Å²) in [6, 6.07) is 6.04. The molecule has 2 aliphatic rings. The Bertz CT molecular complexity index is 1090. The van der Waals surface area contributed by atoms with E-state index >= 15 is 0 Å². The number of hydrogen-bond acceptors (Lipinski definition) is 5. The van der Waals surface area contributed by atoms with Gasteiger partial charge in [-0.1, -0.05) is 6.92 Å². The second-order valence-electron chi connectivity index (χ2n) is 8.82. The van der Waals surface area contributed by atoms with Gasteiger partial charge in [0.1, 0.15) is 23.4 Å². The predicted octanol–water partition coefficient (Wildman–Crippen LogP) is 4.51. The van der Waals surface area contributed by atoms with Gasteiger partial charge in [-0.3, -0.25) is 9.78 Å².